The Kier molecular flexibility index (Phi) is 6.61. The van der Waals surface area contributed by atoms with Gasteiger partial charge in [0, 0.05) is 19.2 Å². The fourth-order valence-corrected chi connectivity index (χ4v) is 1.76. The van der Waals surface area contributed by atoms with Gasteiger partial charge < -0.3 is 16.4 Å². The number of amides is 2. The van der Waals surface area contributed by atoms with Gasteiger partial charge in [-0.1, -0.05) is 0 Å². The van der Waals surface area contributed by atoms with E-state index < -0.39 is 5.82 Å². The molecule has 0 saturated heterocycles. The Balaban J connectivity index is 2.34. The molecule has 1 aromatic carbocycles. The molecule has 0 fully saturated rings. The molecule has 6 nitrogen and oxygen atoms in total. The number of carbonyl (C=O) groups excluding carboxylic acids is 2. The zero-order chi connectivity index (χ0) is 15.8. The van der Waals surface area contributed by atoms with Crippen LogP contribution in [0.4, 0.5) is 15.8 Å². The van der Waals surface area contributed by atoms with Crippen LogP contribution in [0.25, 0.3) is 0 Å². The monoisotopic (exact) mass is 296 g/mol. The van der Waals surface area contributed by atoms with E-state index in [1.165, 1.54) is 18.2 Å². The third-order valence-corrected chi connectivity index (χ3v) is 2.90. The topological polar surface area (TPSA) is 87.5 Å². The second-order valence-electron chi connectivity index (χ2n) is 4.80. The van der Waals surface area contributed by atoms with E-state index in [2.05, 4.69) is 10.6 Å². The smallest absolute Gasteiger partial charge is 0.233 e. The van der Waals surface area contributed by atoms with Gasteiger partial charge in [0.2, 0.25) is 11.8 Å². The van der Waals surface area contributed by atoms with E-state index in [1.54, 1.807) is 14.1 Å². The number of hydrogen-bond donors (Lipinski definition) is 3. The Hall–Kier alpha value is -2.15. The first-order chi connectivity index (χ1) is 9.92. The van der Waals surface area contributed by atoms with Crippen molar-refractivity contribution in [1.29, 1.82) is 0 Å². The lowest BCUT2D eigenvalue weighted by molar-refractivity contribution is -0.121. The van der Waals surface area contributed by atoms with Crippen LogP contribution in [0.3, 0.4) is 0 Å². The molecule has 1 rings (SSSR count). The summed E-state index contributed by atoms with van der Waals surface area (Å²) >= 11 is 0. The quantitative estimate of drug-likeness (QED) is 0.650. The zero-order valence-electron chi connectivity index (χ0n) is 12.3. The van der Waals surface area contributed by atoms with E-state index >= 15 is 0 Å². The van der Waals surface area contributed by atoms with Gasteiger partial charge in [0.15, 0.2) is 0 Å². The van der Waals surface area contributed by atoms with Crippen molar-refractivity contribution in [2.45, 2.75) is 12.8 Å². The van der Waals surface area contributed by atoms with Crippen molar-refractivity contribution < 1.29 is 14.0 Å². The molecule has 0 aliphatic rings. The van der Waals surface area contributed by atoms with Crippen LogP contribution in [0, 0.1) is 5.82 Å². The van der Waals surface area contributed by atoms with E-state index in [1.807, 2.05) is 4.90 Å². The number of carbonyl (C=O) groups is 2. The Morgan fingerprint density at radius 2 is 2.05 bits per heavy atom. The van der Waals surface area contributed by atoms with E-state index in [0.29, 0.717) is 18.7 Å². The first-order valence-corrected chi connectivity index (χ1v) is 6.66. The van der Waals surface area contributed by atoms with Gasteiger partial charge in [-0.15, -0.1) is 0 Å². The Bertz CT molecular complexity index is 508. The predicted octanol–water partition coefficient (Wildman–Crippen LogP) is 0.804. The molecule has 0 unspecified atom stereocenters. The number of nitrogens with one attached hydrogen (secondary N) is 2. The standard InChI is InChI=1S/C14H21FN4O2/c1-17-14(21)9-19(2)7-3-4-13(20)18-12-8-10(16)5-6-11(12)15/h5-6,8H,3-4,7,9,16H2,1-2H3,(H,17,21)(H,18,20). The number of hydrogen-bond acceptors (Lipinski definition) is 4. The van der Waals surface area contributed by atoms with Crippen molar-refractivity contribution in [2.75, 3.05) is 38.2 Å². The van der Waals surface area contributed by atoms with Gasteiger partial charge in [0.25, 0.3) is 0 Å². The largest absolute Gasteiger partial charge is 0.399 e. The molecule has 0 heterocycles. The molecule has 0 spiro atoms. The molecular formula is C14H21FN4O2. The fraction of sp³-hybridized carbons (Fsp3) is 0.429. The van der Waals surface area contributed by atoms with Crippen LogP contribution in [-0.2, 0) is 9.59 Å². The molecule has 116 valence electrons. The molecule has 0 atom stereocenters. The fourth-order valence-electron chi connectivity index (χ4n) is 1.76. The first-order valence-electron chi connectivity index (χ1n) is 6.66. The van der Waals surface area contributed by atoms with Gasteiger partial charge in [-0.25, -0.2) is 4.39 Å². The van der Waals surface area contributed by atoms with Crippen molar-refractivity contribution in [3.63, 3.8) is 0 Å². The molecular weight excluding hydrogens is 275 g/mol. The van der Waals surface area contributed by atoms with Crippen LogP contribution < -0.4 is 16.4 Å². The summed E-state index contributed by atoms with van der Waals surface area (Å²) < 4.78 is 13.4. The summed E-state index contributed by atoms with van der Waals surface area (Å²) in [5.74, 6) is -0.883. The number of benzene rings is 1. The molecule has 0 radical (unpaired) electrons. The Morgan fingerprint density at radius 1 is 1.33 bits per heavy atom. The summed E-state index contributed by atoms with van der Waals surface area (Å²) in [6.07, 6.45) is 0.815. The number of halogens is 1. The van der Waals surface area contributed by atoms with Crippen LogP contribution in [0.2, 0.25) is 0 Å². The highest BCUT2D eigenvalue weighted by Crippen LogP contribution is 2.17. The summed E-state index contributed by atoms with van der Waals surface area (Å²) in [6.45, 7) is 0.877. The number of rotatable bonds is 7. The minimum absolute atomic E-state index is 0.0798. The second-order valence-corrected chi connectivity index (χ2v) is 4.80. The van der Waals surface area contributed by atoms with Gasteiger partial charge in [-0.05, 0) is 38.2 Å². The van der Waals surface area contributed by atoms with Crippen molar-refractivity contribution >= 4 is 23.2 Å². The van der Waals surface area contributed by atoms with Crippen LogP contribution in [0.1, 0.15) is 12.8 Å². The number of nitrogens with zero attached hydrogens (tertiary/aromatic N) is 1. The normalized spacial score (nSPS) is 10.5. The average molecular weight is 296 g/mol. The Morgan fingerprint density at radius 3 is 2.71 bits per heavy atom. The minimum Gasteiger partial charge on any atom is -0.399 e. The van der Waals surface area contributed by atoms with Crippen molar-refractivity contribution in [3.05, 3.63) is 24.0 Å². The summed E-state index contributed by atoms with van der Waals surface area (Å²) in [5.41, 5.74) is 6.01. The molecule has 1 aromatic rings. The van der Waals surface area contributed by atoms with Crippen LogP contribution in [-0.4, -0.2) is 43.9 Å². The van der Waals surface area contributed by atoms with Crippen molar-refractivity contribution in [3.8, 4) is 0 Å². The maximum absolute atomic E-state index is 13.4. The second kappa shape index (κ2) is 8.21. The maximum Gasteiger partial charge on any atom is 0.233 e. The molecule has 0 aliphatic carbocycles. The van der Waals surface area contributed by atoms with Gasteiger partial charge in [-0.3, -0.25) is 14.5 Å². The summed E-state index contributed by atoms with van der Waals surface area (Å²) in [6, 6.07) is 4.02. The number of likely N-dealkylation sites (N-methyl/N-ethyl adjacent to an activating group) is 2. The maximum atomic E-state index is 13.4. The van der Waals surface area contributed by atoms with Crippen molar-refractivity contribution in [2.24, 2.45) is 0 Å². The highest BCUT2D eigenvalue weighted by atomic mass is 19.1. The number of nitrogen functional groups attached to an aromatic ring is 1. The lowest BCUT2D eigenvalue weighted by Crippen LogP contribution is -2.33. The minimum atomic E-state index is -0.519. The predicted molar refractivity (Wildman–Crippen MR) is 80.2 cm³/mol. The third kappa shape index (κ3) is 6.22. The summed E-state index contributed by atoms with van der Waals surface area (Å²) in [5, 5.41) is 5.01. The number of anilines is 2. The van der Waals surface area contributed by atoms with Gasteiger partial charge in [0.1, 0.15) is 5.82 Å². The molecule has 0 bridgehead atoms. The van der Waals surface area contributed by atoms with E-state index in [-0.39, 0.29) is 30.5 Å². The van der Waals surface area contributed by atoms with Crippen molar-refractivity contribution in [1.82, 2.24) is 10.2 Å². The lowest BCUT2D eigenvalue weighted by Gasteiger charge is -2.15. The lowest BCUT2D eigenvalue weighted by atomic mass is 10.2. The molecule has 0 aliphatic heterocycles. The van der Waals surface area contributed by atoms with E-state index in [4.69, 9.17) is 5.73 Å². The highest BCUT2D eigenvalue weighted by Gasteiger charge is 2.09. The third-order valence-electron chi connectivity index (χ3n) is 2.90. The first kappa shape index (κ1) is 16.9. The molecule has 2 amide bonds. The molecule has 4 N–H and O–H groups in total. The van der Waals surface area contributed by atoms with Crippen LogP contribution in [0.15, 0.2) is 18.2 Å². The molecule has 0 aromatic heterocycles. The number of nitrogens with two attached hydrogens (primary N) is 1. The molecule has 0 saturated carbocycles. The highest BCUT2D eigenvalue weighted by molar-refractivity contribution is 5.91. The summed E-state index contributed by atoms with van der Waals surface area (Å²) in [7, 11) is 3.37. The van der Waals surface area contributed by atoms with E-state index in [9.17, 15) is 14.0 Å². The SMILES string of the molecule is CNC(=O)CN(C)CCCC(=O)Nc1cc(N)ccc1F. The summed E-state index contributed by atoms with van der Waals surface area (Å²) in [4.78, 5) is 24.7. The van der Waals surface area contributed by atoms with Crippen LogP contribution >= 0.6 is 0 Å². The van der Waals surface area contributed by atoms with Crippen LogP contribution in [0.5, 0.6) is 0 Å². The van der Waals surface area contributed by atoms with E-state index in [0.717, 1.165) is 0 Å². The zero-order valence-corrected chi connectivity index (χ0v) is 12.3. The molecule has 7 heteroatoms. The van der Waals surface area contributed by atoms with Gasteiger partial charge >= 0.3 is 0 Å². The average Bonchev–Trinajstić information content (AvgIpc) is 2.42. The van der Waals surface area contributed by atoms with Gasteiger partial charge in [-0.2, -0.15) is 0 Å². The Labute approximate surface area is 123 Å². The van der Waals surface area contributed by atoms with Gasteiger partial charge in [0.05, 0.1) is 12.2 Å². The molecule has 21 heavy (non-hydrogen) atoms.